The molecule has 1 fully saturated rings. The van der Waals surface area contributed by atoms with Gasteiger partial charge in [0.05, 0.1) is 18.7 Å². The van der Waals surface area contributed by atoms with Gasteiger partial charge in [-0.05, 0) is 77.4 Å². The minimum atomic E-state index is -0.354. The number of benzene rings is 2. The molecule has 5 heteroatoms. The average molecular weight is 463 g/mol. The number of hydrogen-bond acceptors (Lipinski definition) is 4. The van der Waals surface area contributed by atoms with Gasteiger partial charge in [-0.3, -0.25) is 4.79 Å². The molecule has 2 aromatic rings. The van der Waals surface area contributed by atoms with Gasteiger partial charge in [-0.25, -0.2) is 4.79 Å². The van der Waals surface area contributed by atoms with Crippen molar-refractivity contribution in [3.05, 3.63) is 63.2 Å². The van der Waals surface area contributed by atoms with Gasteiger partial charge in [0.25, 0.3) is 0 Å². The van der Waals surface area contributed by atoms with Crippen LogP contribution in [0.25, 0.3) is 0 Å². The maximum Gasteiger partial charge on any atom is 0.337 e. The number of halogens is 1. The first-order valence-corrected chi connectivity index (χ1v) is 9.89. The van der Waals surface area contributed by atoms with Gasteiger partial charge < -0.3 is 10.1 Å². The molecule has 0 aromatic heterocycles. The fourth-order valence-corrected chi connectivity index (χ4v) is 3.81. The van der Waals surface area contributed by atoms with E-state index in [1.165, 1.54) is 10.7 Å². The Morgan fingerprint density at radius 3 is 2.42 bits per heavy atom. The fraction of sp³-hybridized carbons (Fsp3) is 0.333. The van der Waals surface area contributed by atoms with Crippen molar-refractivity contribution in [1.82, 2.24) is 0 Å². The second kappa shape index (κ2) is 8.66. The van der Waals surface area contributed by atoms with Gasteiger partial charge in [0, 0.05) is 21.6 Å². The van der Waals surface area contributed by atoms with E-state index in [9.17, 15) is 9.59 Å². The Kier molecular flexibility index (Phi) is 6.29. The molecule has 4 nitrogen and oxygen atoms in total. The highest BCUT2D eigenvalue weighted by Gasteiger charge is 2.31. The molecule has 0 spiro atoms. The lowest BCUT2D eigenvalue weighted by Crippen LogP contribution is -2.30. The van der Waals surface area contributed by atoms with Crippen LogP contribution in [0.4, 0.5) is 5.69 Å². The largest absolute Gasteiger partial charge is 0.465 e. The smallest absolute Gasteiger partial charge is 0.337 e. The lowest BCUT2D eigenvalue weighted by molar-refractivity contribution is -0.125. The highest BCUT2D eigenvalue weighted by Crippen LogP contribution is 2.35. The van der Waals surface area contributed by atoms with Crippen molar-refractivity contribution in [1.29, 1.82) is 0 Å². The van der Waals surface area contributed by atoms with Crippen LogP contribution < -0.4 is 5.32 Å². The maximum absolute atomic E-state index is 12.6. The molecule has 26 heavy (non-hydrogen) atoms. The van der Waals surface area contributed by atoms with Gasteiger partial charge in [-0.2, -0.15) is 0 Å². The Balaban J connectivity index is 1.90. The summed E-state index contributed by atoms with van der Waals surface area (Å²) < 4.78 is 5.93. The summed E-state index contributed by atoms with van der Waals surface area (Å²) >= 11 is 2.28. The zero-order chi connectivity index (χ0) is 18.5. The van der Waals surface area contributed by atoms with Crippen molar-refractivity contribution in [2.24, 2.45) is 5.92 Å². The normalized spacial score (nSPS) is 18.2. The molecule has 0 saturated heterocycles. The SMILES string of the molecule is COC(=O)c1ccc([C@H](Nc2ccc(I)cc2)C2CCCCC2=O)cc1. The molecule has 1 saturated carbocycles. The first-order chi connectivity index (χ1) is 12.6. The Hall–Kier alpha value is -1.89. The molecule has 0 heterocycles. The van der Waals surface area contributed by atoms with Crippen LogP contribution in [0.3, 0.4) is 0 Å². The molecular weight excluding hydrogens is 441 g/mol. The summed E-state index contributed by atoms with van der Waals surface area (Å²) in [5.74, 6) is -0.0873. The lowest BCUT2D eigenvalue weighted by atomic mass is 9.80. The Labute approximate surface area is 167 Å². The van der Waals surface area contributed by atoms with Gasteiger partial charge in [0.2, 0.25) is 0 Å². The van der Waals surface area contributed by atoms with Crippen LogP contribution in [-0.4, -0.2) is 18.9 Å². The van der Waals surface area contributed by atoms with Crippen LogP contribution in [0.5, 0.6) is 0 Å². The number of hydrogen-bond donors (Lipinski definition) is 1. The zero-order valence-electron chi connectivity index (χ0n) is 14.7. The van der Waals surface area contributed by atoms with Crippen LogP contribution in [0.2, 0.25) is 0 Å². The molecule has 0 aliphatic heterocycles. The van der Waals surface area contributed by atoms with E-state index < -0.39 is 0 Å². The monoisotopic (exact) mass is 463 g/mol. The van der Waals surface area contributed by atoms with E-state index in [0.717, 1.165) is 30.5 Å². The number of anilines is 1. The number of carbonyl (C=O) groups is 2. The van der Waals surface area contributed by atoms with E-state index in [1.54, 1.807) is 12.1 Å². The van der Waals surface area contributed by atoms with E-state index in [2.05, 4.69) is 27.9 Å². The molecule has 2 aromatic carbocycles. The van der Waals surface area contributed by atoms with Crippen LogP contribution in [0.1, 0.15) is 47.6 Å². The summed E-state index contributed by atoms with van der Waals surface area (Å²) in [7, 11) is 1.37. The fourth-order valence-electron chi connectivity index (χ4n) is 3.45. The van der Waals surface area contributed by atoms with Crippen LogP contribution in [0.15, 0.2) is 48.5 Å². The molecule has 0 amide bonds. The van der Waals surface area contributed by atoms with Gasteiger partial charge in [0.15, 0.2) is 0 Å². The number of ether oxygens (including phenoxy) is 1. The molecule has 0 bridgehead atoms. The van der Waals surface area contributed by atoms with Gasteiger partial charge in [0.1, 0.15) is 5.78 Å². The van der Waals surface area contributed by atoms with Gasteiger partial charge in [-0.1, -0.05) is 18.6 Å². The van der Waals surface area contributed by atoms with Crippen LogP contribution in [-0.2, 0) is 9.53 Å². The third-order valence-electron chi connectivity index (χ3n) is 4.86. The summed E-state index contributed by atoms with van der Waals surface area (Å²) in [4.78, 5) is 24.2. The molecule has 1 aliphatic rings. The molecule has 2 atom stereocenters. The molecule has 0 radical (unpaired) electrons. The first kappa shape index (κ1) is 18.9. The van der Waals surface area contributed by atoms with E-state index in [-0.39, 0.29) is 17.9 Å². The summed E-state index contributed by atoms with van der Waals surface area (Å²) in [5.41, 5.74) is 2.52. The minimum Gasteiger partial charge on any atom is -0.465 e. The van der Waals surface area contributed by atoms with Crippen molar-refractivity contribution in [2.45, 2.75) is 31.7 Å². The molecule has 1 aliphatic carbocycles. The summed E-state index contributed by atoms with van der Waals surface area (Å²) in [6.07, 6.45) is 3.59. The standard InChI is InChI=1S/C21H22INO3/c1-26-21(25)15-8-6-14(7-9-15)20(18-4-2-3-5-19(18)24)23-17-12-10-16(22)11-13-17/h6-13,18,20,23H,2-5H2,1H3/t18?,20-/m0/s1. The summed E-state index contributed by atoms with van der Waals surface area (Å²) in [6, 6.07) is 15.4. The second-order valence-electron chi connectivity index (χ2n) is 6.56. The number of Topliss-reactive ketones (excluding diaryl/α,β-unsaturated/α-hetero) is 1. The van der Waals surface area contributed by atoms with Crippen molar-refractivity contribution in [3.8, 4) is 0 Å². The lowest BCUT2D eigenvalue weighted by Gasteiger charge is -2.31. The first-order valence-electron chi connectivity index (χ1n) is 8.81. The van der Waals surface area contributed by atoms with Crippen LogP contribution >= 0.6 is 22.6 Å². The predicted molar refractivity (Wildman–Crippen MR) is 110 cm³/mol. The van der Waals surface area contributed by atoms with Crippen molar-refractivity contribution in [3.63, 3.8) is 0 Å². The average Bonchev–Trinajstić information content (AvgIpc) is 2.68. The molecule has 136 valence electrons. The highest BCUT2D eigenvalue weighted by molar-refractivity contribution is 14.1. The molecular formula is C21H22INO3. The zero-order valence-corrected chi connectivity index (χ0v) is 16.9. The Bertz CT molecular complexity index is 771. The quantitative estimate of drug-likeness (QED) is 0.502. The minimum absolute atomic E-state index is 0.0491. The summed E-state index contributed by atoms with van der Waals surface area (Å²) in [5, 5.41) is 3.54. The Morgan fingerprint density at radius 2 is 1.81 bits per heavy atom. The van der Waals surface area contributed by atoms with Crippen molar-refractivity contribution in [2.75, 3.05) is 12.4 Å². The number of esters is 1. The van der Waals surface area contributed by atoms with Gasteiger partial charge in [-0.15, -0.1) is 0 Å². The van der Waals surface area contributed by atoms with E-state index >= 15 is 0 Å². The van der Waals surface area contributed by atoms with Crippen molar-refractivity contribution >= 4 is 40.0 Å². The van der Waals surface area contributed by atoms with Crippen molar-refractivity contribution < 1.29 is 14.3 Å². The number of methoxy groups -OCH3 is 1. The molecule has 3 rings (SSSR count). The third kappa shape index (κ3) is 4.44. The van der Waals surface area contributed by atoms with Crippen LogP contribution in [0, 0.1) is 9.49 Å². The second-order valence-corrected chi connectivity index (χ2v) is 7.81. The summed E-state index contributed by atoms with van der Waals surface area (Å²) in [6.45, 7) is 0. The van der Waals surface area contributed by atoms with E-state index in [1.807, 2.05) is 36.4 Å². The number of carbonyl (C=O) groups excluding carboxylic acids is 2. The third-order valence-corrected chi connectivity index (χ3v) is 5.58. The predicted octanol–water partition coefficient (Wildman–Crippen LogP) is 4.99. The molecule has 1 N–H and O–H groups in total. The van der Waals surface area contributed by atoms with E-state index in [0.29, 0.717) is 17.8 Å². The number of nitrogens with one attached hydrogen (secondary N) is 1. The Morgan fingerprint density at radius 1 is 1.12 bits per heavy atom. The number of ketones is 1. The van der Waals surface area contributed by atoms with E-state index in [4.69, 9.17) is 4.74 Å². The number of rotatable bonds is 5. The maximum atomic E-state index is 12.6. The topological polar surface area (TPSA) is 55.4 Å². The molecule has 1 unspecified atom stereocenters. The highest BCUT2D eigenvalue weighted by atomic mass is 127. The van der Waals surface area contributed by atoms with Gasteiger partial charge >= 0.3 is 5.97 Å².